The minimum Gasteiger partial charge on any atom is -0.351 e. The van der Waals surface area contributed by atoms with Gasteiger partial charge in [-0.1, -0.05) is 23.7 Å². The maximum Gasteiger partial charge on any atom is 0.261 e. The molecular formula is C18H18ClN3OS. The molecule has 124 valence electrons. The SMILES string of the molecule is Cc1nn(Cc2ccc(Cl)cc2)c2sc(C(=O)NCC3CC3)cc12. The fraction of sp³-hybridized carbons (Fsp3) is 0.333. The largest absolute Gasteiger partial charge is 0.351 e. The number of aromatic nitrogens is 2. The smallest absolute Gasteiger partial charge is 0.261 e. The summed E-state index contributed by atoms with van der Waals surface area (Å²) in [5.74, 6) is 0.714. The summed E-state index contributed by atoms with van der Waals surface area (Å²) in [6, 6.07) is 9.73. The maximum atomic E-state index is 12.3. The molecule has 1 fully saturated rings. The van der Waals surface area contributed by atoms with Crippen LogP contribution in [0, 0.1) is 12.8 Å². The highest BCUT2D eigenvalue weighted by Crippen LogP contribution is 2.30. The van der Waals surface area contributed by atoms with Crippen LogP contribution in [0.1, 0.15) is 33.8 Å². The lowest BCUT2D eigenvalue weighted by Gasteiger charge is -2.03. The van der Waals surface area contributed by atoms with E-state index < -0.39 is 0 Å². The molecule has 4 rings (SSSR count). The van der Waals surface area contributed by atoms with E-state index in [9.17, 15) is 4.79 Å². The van der Waals surface area contributed by atoms with Gasteiger partial charge in [0.1, 0.15) is 4.83 Å². The zero-order valence-electron chi connectivity index (χ0n) is 13.4. The van der Waals surface area contributed by atoms with Crippen LogP contribution >= 0.6 is 22.9 Å². The maximum absolute atomic E-state index is 12.3. The van der Waals surface area contributed by atoms with Gasteiger partial charge < -0.3 is 5.32 Å². The number of nitrogens with one attached hydrogen (secondary N) is 1. The van der Waals surface area contributed by atoms with Crippen LogP contribution < -0.4 is 5.32 Å². The fourth-order valence-electron chi connectivity index (χ4n) is 2.74. The molecule has 0 aliphatic heterocycles. The van der Waals surface area contributed by atoms with Gasteiger partial charge in [0.15, 0.2) is 0 Å². The van der Waals surface area contributed by atoms with Gasteiger partial charge in [0.05, 0.1) is 17.1 Å². The number of aryl methyl sites for hydroxylation is 1. The summed E-state index contributed by atoms with van der Waals surface area (Å²) in [5.41, 5.74) is 2.09. The molecule has 0 spiro atoms. The predicted octanol–water partition coefficient (Wildman–Crippen LogP) is 4.25. The molecule has 0 unspecified atom stereocenters. The molecule has 3 aromatic rings. The minimum absolute atomic E-state index is 0.0283. The first-order valence-corrected chi connectivity index (χ1v) is 9.29. The zero-order chi connectivity index (χ0) is 16.7. The van der Waals surface area contributed by atoms with Gasteiger partial charge in [0.2, 0.25) is 0 Å². The molecule has 4 nitrogen and oxygen atoms in total. The summed E-state index contributed by atoms with van der Waals surface area (Å²) in [4.78, 5) is 14.1. The van der Waals surface area contributed by atoms with Gasteiger partial charge in [0, 0.05) is 17.0 Å². The highest BCUT2D eigenvalue weighted by Gasteiger charge is 2.23. The fourth-order valence-corrected chi connectivity index (χ4v) is 3.94. The van der Waals surface area contributed by atoms with Gasteiger partial charge in [-0.3, -0.25) is 9.48 Å². The number of thiophene rings is 1. The molecule has 1 aliphatic carbocycles. The van der Waals surface area contributed by atoms with Gasteiger partial charge in [-0.05, 0) is 49.4 Å². The Hall–Kier alpha value is -1.85. The van der Waals surface area contributed by atoms with Crippen LogP contribution in [-0.4, -0.2) is 22.2 Å². The topological polar surface area (TPSA) is 46.9 Å². The Morgan fingerprint density at radius 1 is 1.38 bits per heavy atom. The van der Waals surface area contributed by atoms with Crippen LogP contribution in [0.3, 0.4) is 0 Å². The molecule has 1 N–H and O–H groups in total. The zero-order valence-corrected chi connectivity index (χ0v) is 15.0. The number of carbonyl (C=O) groups excluding carboxylic acids is 1. The molecule has 0 radical (unpaired) electrons. The highest BCUT2D eigenvalue weighted by molar-refractivity contribution is 7.20. The first-order valence-electron chi connectivity index (χ1n) is 8.10. The van der Waals surface area contributed by atoms with E-state index in [0.29, 0.717) is 12.5 Å². The van der Waals surface area contributed by atoms with Crippen molar-refractivity contribution < 1.29 is 4.79 Å². The van der Waals surface area contributed by atoms with Crippen molar-refractivity contribution in [3.63, 3.8) is 0 Å². The number of carbonyl (C=O) groups is 1. The van der Waals surface area contributed by atoms with Gasteiger partial charge >= 0.3 is 0 Å². The molecule has 0 saturated heterocycles. The third-order valence-corrected chi connectivity index (χ3v) is 5.72. The Bertz CT molecular complexity index is 893. The second-order valence-corrected chi connectivity index (χ2v) is 7.82. The standard InChI is InChI=1S/C18H18ClN3OS/c1-11-15-8-16(17(23)20-9-12-2-3-12)24-18(15)22(21-11)10-13-4-6-14(19)7-5-13/h4-8,12H,2-3,9-10H2,1H3,(H,20,23). The summed E-state index contributed by atoms with van der Waals surface area (Å²) in [5, 5.41) is 9.44. The summed E-state index contributed by atoms with van der Waals surface area (Å²) < 4.78 is 1.97. The average Bonchev–Trinajstić information content (AvgIpc) is 3.21. The van der Waals surface area contributed by atoms with Crippen molar-refractivity contribution in [1.29, 1.82) is 0 Å². The van der Waals surface area contributed by atoms with Crippen LogP contribution in [-0.2, 0) is 6.54 Å². The van der Waals surface area contributed by atoms with Crippen LogP contribution in [0.2, 0.25) is 5.02 Å². The van der Waals surface area contributed by atoms with Crippen molar-refractivity contribution in [1.82, 2.24) is 15.1 Å². The Morgan fingerprint density at radius 3 is 2.83 bits per heavy atom. The molecule has 6 heteroatoms. The number of halogens is 1. The Labute approximate surface area is 149 Å². The number of hydrogen-bond donors (Lipinski definition) is 1. The van der Waals surface area contributed by atoms with E-state index in [2.05, 4.69) is 10.4 Å². The molecule has 1 aromatic carbocycles. The molecule has 2 heterocycles. The molecule has 1 saturated carbocycles. The summed E-state index contributed by atoms with van der Waals surface area (Å²) in [6.45, 7) is 3.45. The Morgan fingerprint density at radius 2 is 2.12 bits per heavy atom. The van der Waals surface area contributed by atoms with Crippen molar-refractivity contribution >= 4 is 39.1 Å². The third-order valence-electron chi connectivity index (χ3n) is 4.33. The molecular weight excluding hydrogens is 342 g/mol. The van der Waals surface area contributed by atoms with Crippen molar-refractivity contribution in [3.05, 3.63) is 51.5 Å². The minimum atomic E-state index is 0.0283. The number of hydrogen-bond acceptors (Lipinski definition) is 3. The van der Waals surface area contributed by atoms with Crippen molar-refractivity contribution in [3.8, 4) is 0 Å². The predicted molar refractivity (Wildman–Crippen MR) is 98.0 cm³/mol. The lowest BCUT2D eigenvalue weighted by Crippen LogP contribution is -2.24. The molecule has 1 aliphatic rings. The number of benzene rings is 1. The molecule has 1 amide bonds. The second kappa shape index (κ2) is 6.22. The van der Waals surface area contributed by atoms with Crippen molar-refractivity contribution in [2.24, 2.45) is 5.92 Å². The van der Waals surface area contributed by atoms with Gasteiger partial charge in [-0.2, -0.15) is 5.10 Å². The number of nitrogens with zero attached hydrogens (tertiary/aromatic N) is 2. The van der Waals surface area contributed by atoms with Gasteiger partial charge in [-0.25, -0.2) is 0 Å². The number of fused-ring (bicyclic) bond motifs is 1. The lowest BCUT2D eigenvalue weighted by molar-refractivity contribution is 0.0956. The highest BCUT2D eigenvalue weighted by atomic mass is 35.5. The van der Waals surface area contributed by atoms with Crippen molar-refractivity contribution in [2.45, 2.75) is 26.3 Å². The monoisotopic (exact) mass is 359 g/mol. The summed E-state index contributed by atoms with van der Waals surface area (Å²) in [6.07, 6.45) is 2.48. The van der Waals surface area contributed by atoms with E-state index in [-0.39, 0.29) is 5.91 Å². The first-order chi connectivity index (χ1) is 11.6. The Balaban J connectivity index is 1.59. The van der Waals surface area contributed by atoms with E-state index in [1.54, 1.807) is 0 Å². The van der Waals surface area contributed by atoms with Crippen LogP contribution in [0.5, 0.6) is 0 Å². The normalized spacial score (nSPS) is 14.2. The quantitative estimate of drug-likeness (QED) is 0.740. The van der Waals surface area contributed by atoms with Crippen LogP contribution in [0.4, 0.5) is 0 Å². The van der Waals surface area contributed by atoms with Crippen LogP contribution in [0.15, 0.2) is 30.3 Å². The van der Waals surface area contributed by atoms with E-state index in [1.165, 1.54) is 24.2 Å². The molecule has 24 heavy (non-hydrogen) atoms. The van der Waals surface area contributed by atoms with E-state index >= 15 is 0 Å². The van der Waals surface area contributed by atoms with Gasteiger partial charge in [0.25, 0.3) is 5.91 Å². The Kier molecular flexibility index (Phi) is 4.06. The third kappa shape index (κ3) is 3.19. The van der Waals surface area contributed by atoms with E-state index in [1.807, 2.05) is 41.9 Å². The molecule has 0 atom stereocenters. The molecule has 2 aromatic heterocycles. The number of rotatable bonds is 5. The summed E-state index contributed by atoms with van der Waals surface area (Å²) in [7, 11) is 0. The van der Waals surface area contributed by atoms with Crippen LogP contribution in [0.25, 0.3) is 10.2 Å². The van der Waals surface area contributed by atoms with E-state index in [0.717, 1.165) is 37.9 Å². The number of amides is 1. The average molecular weight is 360 g/mol. The first kappa shape index (κ1) is 15.7. The second-order valence-electron chi connectivity index (χ2n) is 6.35. The molecule has 0 bridgehead atoms. The van der Waals surface area contributed by atoms with Crippen molar-refractivity contribution in [2.75, 3.05) is 6.54 Å². The summed E-state index contributed by atoms with van der Waals surface area (Å²) >= 11 is 7.45. The van der Waals surface area contributed by atoms with Gasteiger partial charge in [-0.15, -0.1) is 11.3 Å². The van der Waals surface area contributed by atoms with E-state index in [4.69, 9.17) is 11.6 Å². The lowest BCUT2D eigenvalue weighted by atomic mass is 10.2.